The minimum absolute atomic E-state index is 0.0191. The summed E-state index contributed by atoms with van der Waals surface area (Å²) in [6.45, 7) is 11.3. The molecular weight excluding hydrogens is 811 g/mol. The van der Waals surface area contributed by atoms with E-state index >= 15 is 0 Å². The van der Waals surface area contributed by atoms with E-state index < -0.39 is 82.6 Å². The molecule has 0 bridgehead atoms. The monoisotopic (exact) mass is 873 g/mol. The topological polar surface area (TPSA) is 263 Å². The van der Waals surface area contributed by atoms with Crippen molar-refractivity contribution in [2.45, 2.75) is 110 Å². The molecule has 63 heavy (non-hydrogen) atoms. The van der Waals surface area contributed by atoms with Crippen molar-refractivity contribution < 1.29 is 38.4 Å². The number of hydrazine groups is 1. The van der Waals surface area contributed by atoms with Crippen LogP contribution >= 0.6 is 0 Å². The summed E-state index contributed by atoms with van der Waals surface area (Å²) in [4.78, 5) is 115. The van der Waals surface area contributed by atoms with Crippen molar-refractivity contribution in [3.63, 3.8) is 0 Å². The zero-order chi connectivity index (χ0) is 46.9. The molecular formula is C44H63N11O8. The number of hydrogen-bond acceptors (Lipinski definition) is 9. The SMILES string of the molecule is CC[C@]1(C)C(NC(=O)C(=O)NC(C)(C)C)C(=O)NNC(=O)N(c2ccccc2)CCN(CCC#N)C(=O)NC(CCc2ccccc2)C(=O)NC1C(=O)NC(CC(C)C)C(=O)NC. The van der Waals surface area contributed by atoms with Gasteiger partial charge in [0.1, 0.15) is 24.2 Å². The molecule has 1 aliphatic rings. The number of amides is 10. The standard InChI is InChI=1S/C44H63N11O8/c1-9-44(7)33(37(58)47-32(27-28(2)3)35(56)46-8)49-36(57)31(22-21-29-17-12-10-13-18-29)48-41(62)54(24-16-23-45)25-26-55(30-19-14-11-15-20-30)42(63)53-52-38(59)34(44)50-39(60)40(61)51-43(4,5)6/h10-15,17-20,28,31-34H,9,16,21-22,24-27H2,1-8H3,(H,46,56)(H,47,58)(H,48,62)(H,49,57)(H,50,60)(H,51,61)(H,52,59)(H,53,63)/t31?,32?,33?,34?,44-/m0/s1. The Morgan fingerprint density at radius 2 is 1.52 bits per heavy atom. The molecule has 0 saturated carbocycles. The molecule has 0 radical (unpaired) electrons. The molecule has 10 amide bonds. The number of hydrogen-bond donors (Lipinski definition) is 8. The van der Waals surface area contributed by atoms with Crippen LogP contribution in [-0.4, -0.2) is 109 Å². The van der Waals surface area contributed by atoms with Crippen molar-refractivity contribution in [1.29, 1.82) is 5.26 Å². The largest absolute Gasteiger partial charge is 0.357 e. The van der Waals surface area contributed by atoms with Crippen LogP contribution < -0.4 is 47.7 Å². The zero-order valence-corrected chi connectivity index (χ0v) is 37.4. The second kappa shape index (κ2) is 23.5. The van der Waals surface area contributed by atoms with E-state index in [1.807, 2.05) is 50.2 Å². The summed E-state index contributed by atoms with van der Waals surface area (Å²) in [6.07, 6.45) is 0.277. The van der Waals surface area contributed by atoms with Gasteiger partial charge in [0.25, 0.3) is 5.91 Å². The predicted octanol–water partition coefficient (Wildman–Crippen LogP) is 1.75. The Balaban J connectivity index is 2.30. The molecule has 2 aromatic carbocycles. The molecule has 342 valence electrons. The lowest BCUT2D eigenvalue weighted by Crippen LogP contribution is -2.70. The third kappa shape index (κ3) is 15.0. The Morgan fingerprint density at radius 3 is 2.10 bits per heavy atom. The van der Waals surface area contributed by atoms with Crippen LogP contribution in [0.2, 0.25) is 0 Å². The van der Waals surface area contributed by atoms with Crippen LogP contribution in [0.25, 0.3) is 0 Å². The molecule has 1 fully saturated rings. The van der Waals surface area contributed by atoms with E-state index in [4.69, 9.17) is 0 Å². The maximum atomic E-state index is 14.8. The van der Waals surface area contributed by atoms with Gasteiger partial charge in [-0.25, -0.2) is 15.0 Å². The quantitative estimate of drug-likeness (QED) is 0.136. The van der Waals surface area contributed by atoms with Gasteiger partial charge >= 0.3 is 23.9 Å². The molecule has 5 atom stereocenters. The smallest absolute Gasteiger partial charge is 0.340 e. The average Bonchev–Trinajstić information content (AvgIpc) is 3.24. The summed E-state index contributed by atoms with van der Waals surface area (Å²) in [6, 6.07) is 11.9. The molecule has 19 nitrogen and oxygen atoms in total. The van der Waals surface area contributed by atoms with Crippen LogP contribution in [0.15, 0.2) is 60.7 Å². The van der Waals surface area contributed by atoms with Gasteiger partial charge in [-0.15, -0.1) is 0 Å². The molecule has 1 aliphatic heterocycles. The van der Waals surface area contributed by atoms with Crippen LogP contribution in [0.1, 0.15) is 79.7 Å². The van der Waals surface area contributed by atoms with Crippen molar-refractivity contribution in [2.24, 2.45) is 11.3 Å². The highest BCUT2D eigenvalue weighted by atomic mass is 16.2. The van der Waals surface area contributed by atoms with Gasteiger partial charge in [0.2, 0.25) is 17.7 Å². The van der Waals surface area contributed by atoms with E-state index in [0.717, 1.165) is 5.56 Å². The van der Waals surface area contributed by atoms with Crippen molar-refractivity contribution in [2.75, 3.05) is 31.6 Å². The molecule has 19 heteroatoms. The van der Waals surface area contributed by atoms with Crippen molar-refractivity contribution in [3.8, 4) is 6.07 Å². The summed E-state index contributed by atoms with van der Waals surface area (Å²) in [7, 11) is 1.40. The first-order chi connectivity index (χ1) is 29.7. The fraction of sp³-hybridized carbons (Fsp3) is 0.523. The number of likely N-dealkylation sites (N-methyl/N-ethyl adjacent to an activating group) is 1. The summed E-state index contributed by atoms with van der Waals surface area (Å²) in [5, 5.41) is 25.3. The van der Waals surface area contributed by atoms with Crippen LogP contribution in [-0.2, 0) is 35.2 Å². The minimum Gasteiger partial charge on any atom is -0.357 e. The highest BCUT2D eigenvalue weighted by Crippen LogP contribution is 2.32. The number of nitrogens with one attached hydrogen (secondary N) is 8. The molecule has 1 heterocycles. The molecule has 1 saturated heterocycles. The van der Waals surface area contributed by atoms with Crippen LogP contribution in [0.3, 0.4) is 0 Å². The van der Waals surface area contributed by atoms with E-state index in [-0.39, 0.29) is 51.2 Å². The van der Waals surface area contributed by atoms with Gasteiger partial charge in [0, 0.05) is 43.3 Å². The molecule has 3 rings (SSSR count). The van der Waals surface area contributed by atoms with Gasteiger partial charge in [-0.2, -0.15) is 5.26 Å². The molecule has 0 aliphatic carbocycles. The van der Waals surface area contributed by atoms with Crippen LogP contribution in [0, 0.1) is 22.7 Å². The fourth-order valence-corrected chi connectivity index (χ4v) is 7.00. The number of nitriles is 1. The van der Waals surface area contributed by atoms with Gasteiger partial charge in [-0.1, -0.05) is 76.2 Å². The number of anilines is 1. The summed E-state index contributed by atoms with van der Waals surface area (Å²) >= 11 is 0. The van der Waals surface area contributed by atoms with E-state index in [2.05, 4.69) is 42.8 Å². The van der Waals surface area contributed by atoms with E-state index in [9.17, 15) is 43.6 Å². The van der Waals surface area contributed by atoms with Gasteiger partial charge in [-0.05, 0) is 70.1 Å². The Labute approximate surface area is 369 Å². The summed E-state index contributed by atoms with van der Waals surface area (Å²) in [5.41, 5.74) is 3.20. The number of para-hydroxylation sites is 1. The highest BCUT2D eigenvalue weighted by molar-refractivity contribution is 6.35. The van der Waals surface area contributed by atoms with Gasteiger partial charge in [0.05, 0.1) is 12.5 Å². The lowest BCUT2D eigenvalue weighted by atomic mass is 9.72. The van der Waals surface area contributed by atoms with Crippen molar-refractivity contribution in [3.05, 3.63) is 66.2 Å². The lowest BCUT2D eigenvalue weighted by Gasteiger charge is -2.43. The van der Waals surface area contributed by atoms with Gasteiger partial charge in [-0.3, -0.25) is 39.1 Å². The summed E-state index contributed by atoms with van der Waals surface area (Å²) in [5.74, 6) is -5.81. The van der Waals surface area contributed by atoms with E-state index in [0.29, 0.717) is 12.1 Å². The fourth-order valence-electron chi connectivity index (χ4n) is 7.00. The first kappa shape index (κ1) is 50.6. The number of aryl methyl sites for hydroxylation is 1. The maximum Gasteiger partial charge on any atom is 0.340 e. The number of rotatable bonds is 13. The second-order valence-electron chi connectivity index (χ2n) is 17.0. The number of nitrogens with zero attached hydrogens (tertiary/aromatic N) is 3. The van der Waals surface area contributed by atoms with Crippen molar-refractivity contribution in [1.82, 2.24) is 47.7 Å². The predicted molar refractivity (Wildman–Crippen MR) is 235 cm³/mol. The van der Waals surface area contributed by atoms with E-state index in [1.165, 1.54) is 23.8 Å². The number of carbonyl (C=O) groups is 8. The molecule has 2 aromatic rings. The summed E-state index contributed by atoms with van der Waals surface area (Å²) < 4.78 is 0. The van der Waals surface area contributed by atoms with Gasteiger partial charge in [0.15, 0.2) is 0 Å². The van der Waals surface area contributed by atoms with Crippen LogP contribution in [0.5, 0.6) is 0 Å². The number of carbonyl (C=O) groups excluding carboxylic acids is 8. The molecule has 0 spiro atoms. The molecule has 0 aromatic heterocycles. The Kier molecular flexibility index (Phi) is 18.9. The average molecular weight is 874 g/mol. The number of urea groups is 2. The first-order valence-corrected chi connectivity index (χ1v) is 21.1. The Hall–Kier alpha value is -6.71. The Morgan fingerprint density at radius 1 is 0.889 bits per heavy atom. The third-order valence-corrected chi connectivity index (χ3v) is 10.6. The highest BCUT2D eigenvalue weighted by Gasteiger charge is 2.50. The van der Waals surface area contributed by atoms with Crippen LogP contribution in [0.4, 0.5) is 15.3 Å². The minimum atomic E-state index is -1.83. The zero-order valence-electron chi connectivity index (χ0n) is 37.4. The lowest BCUT2D eigenvalue weighted by molar-refractivity contribution is -0.144. The van der Waals surface area contributed by atoms with Crippen molar-refractivity contribution >= 4 is 53.2 Å². The van der Waals surface area contributed by atoms with E-state index in [1.54, 1.807) is 58.0 Å². The Bertz CT molecular complexity index is 1970. The first-order valence-electron chi connectivity index (χ1n) is 21.1. The third-order valence-electron chi connectivity index (χ3n) is 10.6. The van der Waals surface area contributed by atoms with Gasteiger partial charge < -0.3 is 36.8 Å². The molecule has 8 N–H and O–H groups in total. The number of benzene rings is 2. The molecule has 4 unspecified atom stereocenters. The second-order valence-corrected chi connectivity index (χ2v) is 17.0. The maximum absolute atomic E-state index is 14.8. The normalized spacial score (nSPS) is 20.8.